The molecule has 0 aromatic heterocycles. The summed E-state index contributed by atoms with van der Waals surface area (Å²) in [5, 5.41) is 0. The molecule has 0 aliphatic carbocycles. The Labute approximate surface area is 72.4 Å². The molecule has 0 aliphatic rings. The van der Waals surface area contributed by atoms with Crippen LogP contribution in [0.1, 0.15) is 26.7 Å². The summed E-state index contributed by atoms with van der Waals surface area (Å²) in [5.74, 6) is -0.258. The molecule has 0 N–H and O–H groups in total. The van der Waals surface area contributed by atoms with E-state index in [-0.39, 0.29) is 5.97 Å². The number of esters is 1. The lowest BCUT2D eigenvalue weighted by atomic mass is 10.2. The maximum absolute atomic E-state index is 10.3. The van der Waals surface area contributed by atoms with Gasteiger partial charge in [0.25, 0.3) is 0 Å². The van der Waals surface area contributed by atoms with Crippen LogP contribution in [-0.4, -0.2) is 18.9 Å². The monoisotopic (exact) mass is 170 g/mol. The summed E-state index contributed by atoms with van der Waals surface area (Å²) in [6.45, 7) is 3.56. The maximum Gasteiger partial charge on any atom is 0.302 e. The van der Waals surface area contributed by atoms with Gasteiger partial charge in [-0.1, -0.05) is 6.08 Å². The van der Waals surface area contributed by atoms with E-state index in [1.807, 2.05) is 6.08 Å². The van der Waals surface area contributed by atoms with Gasteiger partial charge in [-0.3, -0.25) is 9.59 Å². The molecule has 3 heteroatoms. The van der Waals surface area contributed by atoms with E-state index in [4.69, 9.17) is 4.74 Å². The minimum absolute atomic E-state index is 0.258. The first kappa shape index (κ1) is 10.9. The number of rotatable bonds is 5. The van der Waals surface area contributed by atoms with Crippen molar-refractivity contribution in [1.82, 2.24) is 0 Å². The lowest BCUT2D eigenvalue weighted by Gasteiger charge is -1.98. The third-order valence-corrected chi connectivity index (χ3v) is 1.31. The van der Waals surface area contributed by atoms with Crippen molar-refractivity contribution in [1.29, 1.82) is 0 Å². The van der Waals surface area contributed by atoms with Crippen LogP contribution in [0.15, 0.2) is 11.6 Å². The van der Waals surface area contributed by atoms with Crippen molar-refractivity contribution in [2.24, 2.45) is 0 Å². The summed E-state index contributed by atoms with van der Waals surface area (Å²) in [4.78, 5) is 20.4. The van der Waals surface area contributed by atoms with Gasteiger partial charge >= 0.3 is 5.97 Å². The predicted molar refractivity (Wildman–Crippen MR) is 45.7 cm³/mol. The third-order valence-electron chi connectivity index (χ3n) is 1.31. The van der Waals surface area contributed by atoms with E-state index < -0.39 is 0 Å². The lowest BCUT2D eigenvalue weighted by Crippen LogP contribution is -1.99. The van der Waals surface area contributed by atoms with Gasteiger partial charge in [0.1, 0.15) is 6.29 Å². The smallest absolute Gasteiger partial charge is 0.302 e. The molecule has 12 heavy (non-hydrogen) atoms. The normalized spacial score (nSPS) is 11.0. The van der Waals surface area contributed by atoms with Crippen LogP contribution < -0.4 is 0 Å². The second-order valence-electron chi connectivity index (χ2n) is 2.55. The van der Waals surface area contributed by atoms with Gasteiger partial charge < -0.3 is 4.74 Å². The first-order chi connectivity index (χ1) is 5.66. The molecule has 0 aromatic carbocycles. The van der Waals surface area contributed by atoms with Crippen LogP contribution in [-0.2, 0) is 14.3 Å². The number of unbranched alkanes of at least 4 members (excludes halogenated alkanes) is 1. The summed E-state index contributed by atoms with van der Waals surface area (Å²) in [5.41, 5.74) is 0.720. The second kappa shape index (κ2) is 6.58. The molecule has 0 saturated heterocycles. The number of hydrogen-bond acceptors (Lipinski definition) is 3. The molecule has 0 atom stereocenters. The van der Waals surface area contributed by atoms with Gasteiger partial charge in [0.15, 0.2) is 0 Å². The van der Waals surface area contributed by atoms with Crippen molar-refractivity contribution in [2.45, 2.75) is 26.7 Å². The Bertz CT molecular complexity index is 182. The topological polar surface area (TPSA) is 43.4 Å². The zero-order valence-corrected chi connectivity index (χ0v) is 7.50. The highest BCUT2D eigenvalue weighted by molar-refractivity contribution is 5.71. The summed E-state index contributed by atoms with van der Waals surface area (Å²) in [6.07, 6.45) is 4.19. The maximum atomic E-state index is 10.3. The van der Waals surface area contributed by atoms with Crippen molar-refractivity contribution in [3.05, 3.63) is 11.6 Å². The van der Waals surface area contributed by atoms with Crippen molar-refractivity contribution < 1.29 is 14.3 Å². The zero-order valence-electron chi connectivity index (χ0n) is 7.50. The van der Waals surface area contributed by atoms with Crippen LogP contribution >= 0.6 is 0 Å². The Balaban J connectivity index is 3.32. The molecule has 3 nitrogen and oxygen atoms in total. The molecule has 0 amide bonds. The van der Waals surface area contributed by atoms with Crippen LogP contribution in [0.5, 0.6) is 0 Å². The van der Waals surface area contributed by atoms with E-state index in [0.29, 0.717) is 6.61 Å². The Morgan fingerprint density at radius 3 is 2.58 bits per heavy atom. The van der Waals surface area contributed by atoms with Crippen molar-refractivity contribution in [2.75, 3.05) is 6.61 Å². The van der Waals surface area contributed by atoms with Crippen LogP contribution in [0.4, 0.5) is 0 Å². The summed E-state index contributed by atoms with van der Waals surface area (Å²) < 4.78 is 4.70. The average molecular weight is 170 g/mol. The van der Waals surface area contributed by atoms with Crippen LogP contribution in [0.2, 0.25) is 0 Å². The van der Waals surface area contributed by atoms with Gasteiger partial charge in [-0.2, -0.15) is 0 Å². The Hall–Kier alpha value is -1.12. The molecule has 0 rings (SSSR count). The van der Waals surface area contributed by atoms with Crippen molar-refractivity contribution in [3.8, 4) is 0 Å². The minimum atomic E-state index is -0.258. The molecule has 0 aliphatic heterocycles. The number of carbonyl (C=O) groups excluding carboxylic acids is 2. The number of ether oxygens (including phenoxy) is 1. The second-order valence-corrected chi connectivity index (χ2v) is 2.55. The molecule has 0 bridgehead atoms. The molecule has 68 valence electrons. The molecular weight excluding hydrogens is 156 g/mol. The van der Waals surface area contributed by atoms with Gasteiger partial charge in [-0.15, -0.1) is 0 Å². The fourth-order valence-electron chi connectivity index (χ4n) is 0.677. The van der Waals surface area contributed by atoms with Gasteiger partial charge in [0.2, 0.25) is 0 Å². The van der Waals surface area contributed by atoms with Gasteiger partial charge in [-0.05, 0) is 25.3 Å². The van der Waals surface area contributed by atoms with Gasteiger partial charge in [-0.25, -0.2) is 0 Å². The minimum Gasteiger partial charge on any atom is -0.466 e. The lowest BCUT2D eigenvalue weighted by molar-refractivity contribution is -0.141. The average Bonchev–Trinajstić information content (AvgIpc) is 2.03. The standard InChI is InChI=1S/C9H14O3/c1-8(7-10)5-3-4-6-12-9(2)11/h5,7H,3-4,6H2,1-2H3/b8-5+. The molecular formula is C9H14O3. The first-order valence-corrected chi connectivity index (χ1v) is 3.92. The summed E-state index contributed by atoms with van der Waals surface area (Å²) >= 11 is 0. The molecule has 0 radical (unpaired) electrons. The Kier molecular flexibility index (Phi) is 5.97. The van der Waals surface area contributed by atoms with Crippen LogP contribution in [0.25, 0.3) is 0 Å². The highest BCUT2D eigenvalue weighted by atomic mass is 16.5. The fraction of sp³-hybridized carbons (Fsp3) is 0.556. The fourth-order valence-corrected chi connectivity index (χ4v) is 0.677. The quantitative estimate of drug-likeness (QED) is 0.271. The van der Waals surface area contributed by atoms with E-state index in [9.17, 15) is 9.59 Å². The highest BCUT2D eigenvalue weighted by Crippen LogP contribution is 1.96. The number of allylic oxidation sites excluding steroid dienone is 2. The number of carbonyl (C=O) groups is 2. The van der Waals surface area contributed by atoms with E-state index >= 15 is 0 Å². The van der Waals surface area contributed by atoms with E-state index in [1.165, 1.54) is 6.92 Å². The molecule has 0 saturated carbocycles. The number of hydrogen-bond donors (Lipinski definition) is 0. The van der Waals surface area contributed by atoms with Gasteiger partial charge in [0.05, 0.1) is 6.61 Å². The summed E-state index contributed by atoms with van der Waals surface area (Å²) in [7, 11) is 0. The van der Waals surface area contributed by atoms with Crippen molar-refractivity contribution in [3.63, 3.8) is 0 Å². The largest absolute Gasteiger partial charge is 0.466 e. The third kappa shape index (κ3) is 6.99. The van der Waals surface area contributed by atoms with E-state index in [0.717, 1.165) is 24.7 Å². The van der Waals surface area contributed by atoms with Crippen LogP contribution in [0.3, 0.4) is 0 Å². The SMILES string of the molecule is CC(=O)OCCC/C=C(\C)C=O. The molecule has 0 heterocycles. The van der Waals surface area contributed by atoms with E-state index in [1.54, 1.807) is 6.92 Å². The molecule has 0 unspecified atom stereocenters. The number of aldehydes is 1. The molecule has 0 fully saturated rings. The summed E-state index contributed by atoms with van der Waals surface area (Å²) in [6, 6.07) is 0. The van der Waals surface area contributed by atoms with Crippen molar-refractivity contribution >= 4 is 12.3 Å². The molecule has 0 aromatic rings. The predicted octanol–water partition coefficient (Wildman–Crippen LogP) is 1.47. The highest BCUT2D eigenvalue weighted by Gasteiger charge is 1.91. The Morgan fingerprint density at radius 1 is 1.42 bits per heavy atom. The zero-order chi connectivity index (χ0) is 9.40. The molecule has 0 spiro atoms. The van der Waals surface area contributed by atoms with Gasteiger partial charge in [0, 0.05) is 6.92 Å². The van der Waals surface area contributed by atoms with E-state index in [2.05, 4.69) is 0 Å². The Morgan fingerprint density at radius 2 is 2.08 bits per heavy atom. The van der Waals surface area contributed by atoms with Crippen LogP contribution in [0, 0.1) is 0 Å². The first-order valence-electron chi connectivity index (χ1n) is 3.92.